The third-order valence-electron chi connectivity index (χ3n) is 3.67. The SMILES string of the molecule is CC.CC1CCC(C)(C)CCCC(C)(S)C1. The van der Waals surface area contributed by atoms with Gasteiger partial charge in [-0.25, -0.2) is 0 Å². The number of hydrogen-bond donors (Lipinski definition) is 1. The molecule has 1 fully saturated rings. The Morgan fingerprint density at radius 1 is 1.00 bits per heavy atom. The molecule has 0 aromatic heterocycles. The predicted octanol–water partition coefficient (Wildman–Crippen LogP) is 5.72. The van der Waals surface area contributed by atoms with E-state index in [1.54, 1.807) is 0 Å². The van der Waals surface area contributed by atoms with Crippen LogP contribution >= 0.6 is 12.6 Å². The maximum absolute atomic E-state index is 4.80. The van der Waals surface area contributed by atoms with Gasteiger partial charge in [-0.2, -0.15) is 12.6 Å². The molecule has 0 bridgehead atoms. The summed E-state index contributed by atoms with van der Waals surface area (Å²) in [6.45, 7) is 13.5. The fourth-order valence-electron chi connectivity index (χ4n) is 2.66. The van der Waals surface area contributed by atoms with Gasteiger partial charge in [-0.1, -0.05) is 54.4 Å². The molecule has 0 saturated heterocycles. The van der Waals surface area contributed by atoms with Crippen molar-refractivity contribution in [2.75, 3.05) is 0 Å². The topological polar surface area (TPSA) is 0 Å². The van der Waals surface area contributed by atoms with Crippen molar-refractivity contribution in [1.82, 2.24) is 0 Å². The smallest absolute Gasteiger partial charge is 0.0104 e. The Morgan fingerprint density at radius 2 is 1.56 bits per heavy atom. The van der Waals surface area contributed by atoms with Gasteiger partial charge in [-0.3, -0.25) is 0 Å². The van der Waals surface area contributed by atoms with E-state index in [4.69, 9.17) is 12.6 Å². The molecule has 1 saturated carbocycles. The summed E-state index contributed by atoms with van der Waals surface area (Å²) in [6, 6.07) is 0. The fourth-order valence-corrected chi connectivity index (χ4v) is 3.13. The molecule has 0 N–H and O–H groups in total. The third kappa shape index (κ3) is 6.83. The third-order valence-corrected chi connectivity index (χ3v) is 4.08. The van der Waals surface area contributed by atoms with Crippen molar-refractivity contribution in [3.05, 3.63) is 0 Å². The minimum Gasteiger partial charge on any atom is -0.173 e. The van der Waals surface area contributed by atoms with E-state index in [0.29, 0.717) is 5.41 Å². The second kappa shape index (κ2) is 6.93. The van der Waals surface area contributed by atoms with E-state index in [1.807, 2.05) is 13.8 Å². The molecule has 98 valence electrons. The number of hydrogen-bond acceptors (Lipinski definition) is 1. The van der Waals surface area contributed by atoms with Gasteiger partial charge in [0, 0.05) is 4.75 Å². The molecule has 0 nitrogen and oxygen atoms in total. The molecule has 16 heavy (non-hydrogen) atoms. The quantitative estimate of drug-likeness (QED) is 0.518. The zero-order chi connectivity index (χ0) is 12.8. The van der Waals surface area contributed by atoms with Crippen molar-refractivity contribution < 1.29 is 0 Å². The highest BCUT2D eigenvalue weighted by atomic mass is 32.1. The minimum atomic E-state index is 0.278. The van der Waals surface area contributed by atoms with E-state index in [9.17, 15) is 0 Å². The van der Waals surface area contributed by atoms with Crippen molar-refractivity contribution in [2.45, 2.75) is 84.8 Å². The zero-order valence-corrected chi connectivity index (χ0v) is 13.2. The van der Waals surface area contributed by atoms with Crippen molar-refractivity contribution >= 4 is 12.6 Å². The van der Waals surface area contributed by atoms with E-state index in [0.717, 1.165) is 5.92 Å². The van der Waals surface area contributed by atoms with Crippen molar-refractivity contribution in [3.63, 3.8) is 0 Å². The molecule has 0 heterocycles. The average molecular weight is 244 g/mol. The molecule has 2 atom stereocenters. The molecular formula is C15H32S. The van der Waals surface area contributed by atoms with Crippen LogP contribution < -0.4 is 0 Å². The lowest BCUT2D eigenvalue weighted by Crippen LogP contribution is -2.19. The zero-order valence-electron chi connectivity index (χ0n) is 12.3. The van der Waals surface area contributed by atoms with Crippen LogP contribution in [0.2, 0.25) is 0 Å². The van der Waals surface area contributed by atoms with Gasteiger partial charge in [0.15, 0.2) is 0 Å². The minimum absolute atomic E-state index is 0.278. The van der Waals surface area contributed by atoms with E-state index in [1.165, 1.54) is 38.5 Å². The number of thiol groups is 1. The first-order valence-corrected chi connectivity index (χ1v) is 7.48. The first-order valence-electron chi connectivity index (χ1n) is 7.03. The monoisotopic (exact) mass is 244 g/mol. The largest absolute Gasteiger partial charge is 0.173 e. The van der Waals surface area contributed by atoms with E-state index in [-0.39, 0.29) is 4.75 Å². The molecule has 1 aliphatic rings. The van der Waals surface area contributed by atoms with Crippen LogP contribution in [-0.4, -0.2) is 4.75 Å². The highest BCUT2D eigenvalue weighted by Crippen LogP contribution is 2.39. The van der Waals surface area contributed by atoms with Crippen molar-refractivity contribution in [1.29, 1.82) is 0 Å². The van der Waals surface area contributed by atoms with E-state index >= 15 is 0 Å². The molecule has 0 aromatic rings. The second-order valence-corrected chi connectivity index (χ2v) is 7.44. The molecule has 1 rings (SSSR count). The molecule has 0 aliphatic heterocycles. The van der Waals surface area contributed by atoms with E-state index < -0.39 is 0 Å². The lowest BCUT2D eigenvalue weighted by Gasteiger charge is -2.25. The first-order chi connectivity index (χ1) is 7.31. The number of rotatable bonds is 0. The highest BCUT2D eigenvalue weighted by Gasteiger charge is 2.27. The molecule has 0 radical (unpaired) electrons. The van der Waals surface area contributed by atoms with Crippen LogP contribution in [0.25, 0.3) is 0 Å². The average Bonchev–Trinajstić information content (AvgIpc) is 2.20. The van der Waals surface area contributed by atoms with Gasteiger partial charge < -0.3 is 0 Å². The highest BCUT2D eigenvalue weighted by molar-refractivity contribution is 7.81. The van der Waals surface area contributed by atoms with Crippen LogP contribution in [0.15, 0.2) is 0 Å². The van der Waals surface area contributed by atoms with Gasteiger partial charge in [0.25, 0.3) is 0 Å². The second-order valence-electron chi connectivity index (χ2n) is 6.36. The summed E-state index contributed by atoms with van der Waals surface area (Å²) in [6.07, 6.45) is 8.05. The van der Waals surface area contributed by atoms with Crippen molar-refractivity contribution in [2.24, 2.45) is 11.3 Å². The van der Waals surface area contributed by atoms with E-state index in [2.05, 4.69) is 27.7 Å². The maximum atomic E-state index is 4.80. The summed E-state index contributed by atoms with van der Waals surface area (Å²) in [7, 11) is 0. The predicted molar refractivity (Wildman–Crippen MR) is 79.4 cm³/mol. The Kier molecular flexibility index (Phi) is 7.09. The molecule has 1 heteroatoms. The van der Waals surface area contributed by atoms with Crippen LogP contribution in [0.4, 0.5) is 0 Å². The standard InChI is InChI=1S/C13H26S.C2H6/c1-11-6-9-12(2,3)7-5-8-13(4,14)10-11;1-2/h11,14H,5-10H2,1-4H3;1-2H3. The maximum Gasteiger partial charge on any atom is 0.0104 e. The Balaban J connectivity index is 0.00000106. The van der Waals surface area contributed by atoms with Crippen LogP contribution in [0.1, 0.15) is 80.1 Å². The molecular weight excluding hydrogens is 212 g/mol. The Labute approximate surface area is 109 Å². The molecule has 0 amide bonds. The fraction of sp³-hybridized carbons (Fsp3) is 1.00. The Morgan fingerprint density at radius 3 is 2.12 bits per heavy atom. The van der Waals surface area contributed by atoms with Gasteiger partial charge in [0.05, 0.1) is 0 Å². The van der Waals surface area contributed by atoms with Crippen molar-refractivity contribution in [3.8, 4) is 0 Å². The molecule has 0 aromatic carbocycles. The molecule has 0 spiro atoms. The van der Waals surface area contributed by atoms with Gasteiger partial charge in [0.2, 0.25) is 0 Å². The first kappa shape index (κ1) is 16.4. The summed E-state index contributed by atoms with van der Waals surface area (Å²) in [4.78, 5) is 0. The lowest BCUT2D eigenvalue weighted by atomic mass is 9.82. The van der Waals surface area contributed by atoms with Gasteiger partial charge >= 0.3 is 0 Å². The normalized spacial score (nSPS) is 35.1. The summed E-state index contributed by atoms with van der Waals surface area (Å²) in [5.41, 5.74) is 0.558. The summed E-state index contributed by atoms with van der Waals surface area (Å²) >= 11 is 4.80. The summed E-state index contributed by atoms with van der Waals surface area (Å²) in [5.74, 6) is 0.842. The van der Waals surface area contributed by atoms with Crippen LogP contribution in [0.3, 0.4) is 0 Å². The van der Waals surface area contributed by atoms with Gasteiger partial charge in [0.1, 0.15) is 0 Å². The summed E-state index contributed by atoms with van der Waals surface area (Å²) in [5, 5.41) is 0. The molecule has 1 aliphatic carbocycles. The van der Waals surface area contributed by atoms with Crippen LogP contribution in [0.5, 0.6) is 0 Å². The lowest BCUT2D eigenvalue weighted by molar-refractivity contribution is 0.279. The van der Waals surface area contributed by atoms with Crippen LogP contribution in [-0.2, 0) is 0 Å². The van der Waals surface area contributed by atoms with Gasteiger partial charge in [-0.05, 0) is 37.0 Å². The molecule has 2 unspecified atom stereocenters. The van der Waals surface area contributed by atoms with Crippen LogP contribution in [0, 0.1) is 11.3 Å². The Bertz CT molecular complexity index is 182. The summed E-state index contributed by atoms with van der Waals surface area (Å²) < 4.78 is 0.278. The Hall–Kier alpha value is 0.350. The van der Waals surface area contributed by atoms with Gasteiger partial charge in [-0.15, -0.1) is 0 Å².